The molecule has 0 radical (unpaired) electrons. The normalized spacial score (nSPS) is 15.6. The molecule has 0 unspecified atom stereocenters. The van der Waals surface area contributed by atoms with Gasteiger partial charge in [0.15, 0.2) is 0 Å². The average Bonchev–Trinajstić information content (AvgIpc) is 2.70. The lowest BCUT2D eigenvalue weighted by atomic mass is 9.99. The zero-order chi connectivity index (χ0) is 19.7. The number of carbonyl (C=O) groups excluding carboxylic acids is 1. The molecule has 4 rings (SSSR count). The molecule has 1 aliphatic heterocycles. The number of benzene rings is 2. The second-order valence-corrected chi connectivity index (χ2v) is 7.38. The van der Waals surface area contributed by atoms with Gasteiger partial charge < -0.3 is 16.0 Å². The first-order valence-corrected chi connectivity index (χ1v) is 9.45. The Bertz CT molecular complexity index is 1030. The molecule has 28 heavy (non-hydrogen) atoms. The van der Waals surface area contributed by atoms with Crippen LogP contribution in [0.15, 0.2) is 48.7 Å². The molecule has 2 aromatic carbocycles. The van der Waals surface area contributed by atoms with Crippen LogP contribution in [0.4, 0.5) is 10.2 Å². The van der Waals surface area contributed by atoms with Gasteiger partial charge in [0.05, 0.1) is 5.56 Å². The summed E-state index contributed by atoms with van der Waals surface area (Å²) in [5, 5.41) is 4.57. The van der Waals surface area contributed by atoms with Crippen LogP contribution in [0.1, 0.15) is 23.2 Å². The van der Waals surface area contributed by atoms with Gasteiger partial charge in [0.2, 0.25) is 0 Å². The molecule has 1 amide bonds. The summed E-state index contributed by atoms with van der Waals surface area (Å²) in [5.41, 5.74) is 8.17. The van der Waals surface area contributed by atoms with Crippen LogP contribution in [-0.4, -0.2) is 42.0 Å². The molecule has 144 valence electrons. The maximum atomic E-state index is 13.6. The molecular weight excluding hydrogens is 355 g/mol. The van der Waals surface area contributed by atoms with Gasteiger partial charge in [0.25, 0.3) is 5.91 Å². The number of nitrogens with zero attached hydrogens (tertiary/aromatic N) is 2. The number of rotatable bonds is 3. The molecule has 3 aromatic rings. The van der Waals surface area contributed by atoms with E-state index in [9.17, 15) is 9.18 Å². The zero-order valence-electron chi connectivity index (χ0n) is 15.8. The SMILES string of the molecule is CN1CCC(NC(=O)c2cnc(N)c3cc(-c4cccc(F)c4)ccc23)CC1. The first-order chi connectivity index (χ1) is 13.5. The molecule has 1 aromatic heterocycles. The van der Waals surface area contributed by atoms with Gasteiger partial charge in [0.1, 0.15) is 11.6 Å². The van der Waals surface area contributed by atoms with Crippen molar-refractivity contribution >= 4 is 22.5 Å². The van der Waals surface area contributed by atoms with Crippen molar-refractivity contribution in [3.05, 3.63) is 60.0 Å². The number of carbonyl (C=O) groups is 1. The van der Waals surface area contributed by atoms with Crippen molar-refractivity contribution in [2.24, 2.45) is 0 Å². The van der Waals surface area contributed by atoms with E-state index in [1.165, 1.54) is 18.3 Å². The zero-order valence-corrected chi connectivity index (χ0v) is 15.8. The second kappa shape index (κ2) is 7.56. The van der Waals surface area contributed by atoms with Gasteiger partial charge in [-0.3, -0.25) is 4.79 Å². The minimum absolute atomic E-state index is 0.134. The molecule has 1 saturated heterocycles. The van der Waals surface area contributed by atoms with Gasteiger partial charge in [0, 0.05) is 17.6 Å². The van der Waals surface area contributed by atoms with E-state index < -0.39 is 0 Å². The molecule has 0 saturated carbocycles. The number of anilines is 1. The number of amides is 1. The van der Waals surface area contributed by atoms with E-state index >= 15 is 0 Å². The van der Waals surface area contributed by atoms with Crippen molar-refractivity contribution in [3.63, 3.8) is 0 Å². The van der Waals surface area contributed by atoms with Gasteiger partial charge in [-0.1, -0.05) is 24.3 Å². The summed E-state index contributed by atoms with van der Waals surface area (Å²) in [5.74, 6) is -0.0791. The highest BCUT2D eigenvalue weighted by Gasteiger charge is 2.21. The van der Waals surface area contributed by atoms with E-state index in [0.717, 1.165) is 42.4 Å². The number of nitrogens with two attached hydrogens (primary N) is 1. The highest BCUT2D eigenvalue weighted by molar-refractivity contribution is 6.09. The Hall–Kier alpha value is -2.99. The molecule has 6 heteroatoms. The molecule has 0 aliphatic carbocycles. The molecule has 3 N–H and O–H groups in total. The fraction of sp³-hybridized carbons (Fsp3) is 0.273. The fourth-order valence-electron chi connectivity index (χ4n) is 3.71. The number of aromatic nitrogens is 1. The summed E-state index contributed by atoms with van der Waals surface area (Å²) in [6.45, 7) is 1.95. The Morgan fingerprint density at radius 3 is 2.64 bits per heavy atom. The molecular formula is C22H23FN4O. The van der Waals surface area contributed by atoms with Crippen LogP contribution in [0.2, 0.25) is 0 Å². The van der Waals surface area contributed by atoms with Crippen LogP contribution in [0.25, 0.3) is 21.9 Å². The lowest BCUT2D eigenvalue weighted by Crippen LogP contribution is -2.43. The number of likely N-dealkylation sites (tertiary alicyclic amines) is 1. The molecule has 1 fully saturated rings. The maximum Gasteiger partial charge on any atom is 0.253 e. The second-order valence-electron chi connectivity index (χ2n) is 7.38. The van der Waals surface area contributed by atoms with Crippen LogP contribution in [-0.2, 0) is 0 Å². The average molecular weight is 378 g/mol. The lowest BCUT2D eigenvalue weighted by molar-refractivity contribution is 0.0918. The number of piperidine rings is 1. The Labute approximate surface area is 163 Å². The minimum Gasteiger partial charge on any atom is -0.383 e. The lowest BCUT2D eigenvalue weighted by Gasteiger charge is -2.29. The summed E-state index contributed by atoms with van der Waals surface area (Å²) in [6.07, 6.45) is 3.41. The summed E-state index contributed by atoms with van der Waals surface area (Å²) in [6, 6.07) is 12.2. The monoisotopic (exact) mass is 378 g/mol. The van der Waals surface area contributed by atoms with E-state index in [2.05, 4.69) is 22.2 Å². The van der Waals surface area contributed by atoms with E-state index in [4.69, 9.17) is 5.73 Å². The third kappa shape index (κ3) is 3.68. The van der Waals surface area contributed by atoms with Crippen molar-refractivity contribution in [1.29, 1.82) is 0 Å². The van der Waals surface area contributed by atoms with Crippen molar-refractivity contribution in [1.82, 2.24) is 15.2 Å². The van der Waals surface area contributed by atoms with E-state index in [0.29, 0.717) is 16.8 Å². The largest absolute Gasteiger partial charge is 0.383 e. The van der Waals surface area contributed by atoms with Gasteiger partial charge in [-0.05, 0) is 67.7 Å². The summed E-state index contributed by atoms with van der Waals surface area (Å²) < 4.78 is 13.6. The molecule has 5 nitrogen and oxygen atoms in total. The smallest absolute Gasteiger partial charge is 0.253 e. The Balaban J connectivity index is 1.66. The number of fused-ring (bicyclic) bond motifs is 1. The van der Waals surface area contributed by atoms with Crippen LogP contribution in [0, 0.1) is 5.82 Å². The van der Waals surface area contributed by atoms with Crippen molar-refractivity contribution < 1.29 is 9.18 Å². The van der Waals surface area contributed by atoms with Crippen LogP contribution in [0.3, 0.4) is 0 Å². The van der Waals surface area contributed by atoms with Crippen molar-refractivity contribution in [2.45, 2.75) is 18.9 Å². The molecule has 0 atom stereocenters. The van der Waals surface area contributed by atoms with Crippen LogP contribution < -0.4 is 11.1 Å². The van der Waals surface area contributed by atoms with E-state index in [1.807, 2.05) is 24.3 Å². The predicted octanol–water partition coefficient (Wildman–Crippen LogP) is 3.45. The number of nitrogens with one attached hydrogen (secondary N) is 1. The summed E-state index contributed by atoms with van der Waals surface area (Å²) >= 11 is 0. The highest BCUT2D eigenvalue weighted by Crippen LogP contribution is 2.29. The van der Waals surface area contributed by atoms with Gasteiger partial charge >= 0.3 is 0 Å². The maximum absolute atomic E-state index is 13.6. The van der Waals surface area contributed by atoms with E-state index in [1.54, 1.807) is 6.07 Å². The van der Waals surface area contributed by atoms with Crippen molar-refractivity contribution in [2.75, 3.05) is 25.9 Å². The Kier molecular flexibility index (Phi) is 4.96. The molecule has 0 spiro atoms. The number of pyridine rings is 1. The third-order valence-electron chi connectivity index (χ3n) is 5.37. The van der Waals surface area contributed by atoms with Crippen LogP contribution >= 0.6 is 0 Å². The fourth-order valence-corrected chi connectivity index (χ4v) is 3.71. The third-order valence-corrected chi connectivity index (χ3v) is 5.37. The topological polar surface area (TPSA) is 71.2 Å². The molecule has 1 aliphatic rings. The quantitative estimate of drug-likeness (QED) is 0.732. The number of hydrogen-bond donors (Lipinski definition) is 2. The molecule has 0 bridgehead atoms. The van der Waals surface area contributed by atoms with Gasteiger partial charge in [-0.2, -0.15) is 0 Å². The Morgan fingerprint density at radius 1 is 1.14 bits per heavy atom. The van der Waals surface area contributed by atoms with E-state index in [-0.39, 0.29) is 17.8 Å². The number of nitrogen functional groups attached to an aromatic ring is 1. The van der Waals surface area contributed by atoms with Gasteiger partial charge in [-0.15, -0.1) is 0 Å². The highest BCUT2D eigenvalue weighted by atomic mass is 19.1. The number of halogens is 1. The minimum atomic E-state index is -0.296. The van der Waals surface area contributed by atoms with Crippen molar-refractivity contribution in [3.8, 4) is 11.1 Å². The predicted molar refractivity (Wildman–Crippen MR) is 110 cm³/mol. The first-order valence-electron chi connectivity index (χ1n) is 9.45. The standard InChI is InChI=1S/C22H23FN4O/c1-27-9-7-17(8-10-27)26-22(28)20-13-25-21(24)19-12-15(5-6-18(19)20)14-3-2-4-16(23)11-14/h2-6,11-13,17H,7-10H2,1H3,(H2,24,25)(H,26,28). The molecule has 2 heterocycles. The Morgan fingerprint density at radius 2 is 1.89 bits per heavy atom. The summed E-state index contributed by atoms with van der Waals surface area (Å²) in [7, 11) is 2.09. The number of hydrogen-bond acceptors (Lipinski definition) is 4. The van der Waals surface area contributed by atoms with Crippen LogP contribution in [0.5, 0.6) is 0 Å². The first kappa shape index (κ1) is 18.4. The summed E-state index contributed by atoms with van der Waals surface area (Å²) in [4.78, 5) is 19.3. The van der Waals surface area contributed by atoms with Gasteiger partial charge in [-0.25, -0.2) is 9.37 Å².